The highest BCUT2D eigenvalue weighted by molar-refractivity contribution is 6.40. The molecule has 0 radical (unpaired) electrons. The fraction of sp³-hybridized carbons (Fsp3) is 0.346. The number of nitrogens with zero attached hydrogens (tertiary/aromatic N) is 5. The van der Waals surface area contributed by atoms with Crippen LogP contribution in [-0.4, -0.2) is 54.3 Å². The molecule has 0 spiro atoms. The second kappa shape index (κ2) is 9.42. The lowest BCUT2D eigenvalue weighted by Gasteiger charge is -2.37. The van der Waals surface area contributed by atoms with E-state index in [9.17, 15) is 4.79 Å². The fourth-order valence-corrected chi connectivity index (χ4v) is 5.48. The summed E-state index contributed by atoms with van der Waals surface area (Å²) in [5, 5.41) is 7.65. The van der Waals surface area contributed by atoms with E-state index >= 15 is 0 Å². The summed E-state index contributed by atoms with van der Waals surface area (Å²) < 4.78 is 0. The zero-order valence-corrected chi connectivity index (χ0v) is 21.4. The SMILES string of the molecule is CC1CN(c2ccc(Nc3ncc4c(n3)N(C3CC3)CN(c3c(Cl)cccc3Cl)C4=O)cc2)CCN1. The Morgan fingerprint density at radius 2 is 1.83 bits per heavy atom. The number of aromatic nitrogens is 2. The Hall–Kier alpha value is -3.07. The maximum Gasteiger partial charge on any atom is 0.265 e. The molecular weight excluding hydrogens is 497 g/mol. The summed E-state index contributed by atoms with van der Waals surface area (Å²) in [7, 11) is 0. The van der Waals surface area contributed by atoms with Gasteiger partial charge in [-0.1, -0.05) is 29.3 Å². The smallest absolute Gasteiger partial charge is 0.265 e. The summed E-state index contributed by atoms with van der Waals surface area (Å²) in [5.41, 5.74) is 3.05. The van der Waals surface area contributed by atoms with Crippen LogP contribution >= 0.6 is 23.2 Å². The number of anilines is 5. The number of benzene rings is 2. The largest absolute Gasteiger partial charge is 0.369 e. The van der Waals surface area contributed by atoms with Crippen molar-refractivity contribution in [2.75, 3.05) is 46.3 Å². The van der Waals surface area contributed by atoms with Gasteiger partial charge < -0.3 is 20.4 Å². The monoisotopic (exact) mass is 523 g/mol. The third-order valence-electron chi connectivity index (χ3n) is 6.86. The summed E-state index contributed by atoms with van der Waals surface area (Å²) in [6.45, 7) is 5.51. The summed E-state index contributed by atoms with van der Waals surface area (Å²) in [6.07, 6.45) is 3.70. The molecule has 3 aliphatic rings. The van der Waals surface area contributed by atoms with E-state index in [1.54, 1.807) is 29.3 Å². The first-order valence-electron chi connectivity index (χ1n) is 12.2. The fourth-order valence-electron chi connectivity index (χ4n) is 4.88. The number of hydrogen-bond acceptors (Lipinski definition) is 7. The average Bonchev–Trinajstić information content (AvgIpc) is 3.71. The van der Waals surface area contributed by atoms with Crippen molar-refractivity contribution in [1.29, 1.82) is 0 Å². The number of halogens is 2. The summed E-state index contributed by atoms with van der Waals surface area (Å²) in [6, 6.07) is 14.4. The standard InChI is InChI=1S/C26H27Cl2N7O/c1-16-14-33(12-11-29-16)18-7-5-17(6-8-18)31-26-30-13-20-24(32-26)34(19-9-10-19)15-35(25(20)36)23-21(27)3-2-4-22(23)28/h2-8,13,16,19,29H,9-12,14-15H2,1H3,(H,30,31,32). The molecule has 186 valence electrons. The molecule has 8 nitrogen and oxygen atoms in total. The normalized spacial score (nSPS) is 19.9. The maximum absolute atomic E-state index is 13.5. The van der Waals surface area contributed by atoms with Gasteiger partial charge in [-0.25, -0.2) is 4.98 Å². The number of amides is 1. The van der Waals surface area contributed by atoms with Crippen LogP contribution in [0, 0.1) is 0 Å². The number of para-hydroxylation sites is 1. The highest BCUT2D eigenvalue weighted by Crippen LogP contribution is 2.41. The van der Waals surface area contributed by atoms with Crippen molar-refractivity contribution < 1.29 is 4.79 Å². The minimum Gasteiger partial charge on any atom is -0.369 e. The first kappa shape index (κ1) is 23.3. The molecule has 2 aliphatic heterocycles. The van der Waals surface area contributed by atoms with E-state index in [4.69, 9.17) is 28.2 Å². The zero-order valence-electron chi connectivity index (χ0n) is 19.9. The van der Waals surface area contributed by atoms with E-state index < -0.39 is 0 Å². The molecule has 2 N–H and O–H groups in total. The lowest BCUT2D eigenvalue weighted by molar-refractivity contribution is 0.0981. The Bertz CT molecular complexity index is 1280. The van der Waals surface area contributed by atoms with Crippen molar-refractivity contribution in [3.63, 3.8) is 0 Å². The molecule has 1 amide bonds. The highest BCUT2D eigenvalue weighted by atomic mass is 35.5. The first-order valence-corrected chi connectivity index (χ1v) is 13.0. The number of hydrogen-bond donors (Lipinski definition) is 2. The molecule has 1 saturated heterocycles. The topological polar surface area (TPSA) is 76.6 Å². The van der Waals surface area contributed by atoms with Gasteiger partial charge in [0, 0.05) is 49.3 Å². The van der Waals surface area contributed by atoms with Crippen molar-refractivity contribution in [2.24, 2.45) is 0 Å². The van der Waals surface area contributed by atoms with Gasteiger partial charge in [0.25, 0.3) is 5.91 Å². The van der Waals surface area contributed by atoms with E-state index in [0.717, 1.165) is 38.2 Å². The van der Waals surface area contributed by atoms with Gasteiger partial charge in [-0.2, -0.15) is 4.98 Å². The van der Waals surface area contributed by atoms with Gasteiger partial charge in [0.2, 0.25) is 5.95 Å². The van der Waals surface area contributed by atoms with Crippen LogP contribution in [-0.2, 0) is 0 Å². The summed E-state index contributed by atoms with van der Waals surface area (Å²) in [4.78, 5) is 28.9. The van der Waals surface area contributed by atoms with Crippen LogP contribution in [0.5, 0.6) is 0 Å². The Morgan fingerprint density at radius 1 is 1.08 bits per heavy atom. The van der Waals surface area contributed by atoms with Crippen LogP contribution in [0.2, 0.25) is 10.0 Å². The van der Waals surface area contributed by atoms with Gasteiger partial charge in [0.1, 0.15) is 18.1 Å². The van der Waals surface area contributed by atoms with Gasteiger partial charge >= 0.3 is 0 Å². The van der Waals surface area contributed by atoms with Crippen LogP contribution in [0.4, 0.5) is 28.8 Å². The summed E-state index contributed by atoms with van der Waals surface area (Å²) >= 11 is 12.9. The number of fused-ring (bicyclic) bond motifs is 1. The van der Waals surface area contributed by atoms with Crippen LogP contribution in [0.3, 0.4) is 0 Å². The summed E-state index contributed by atoms with van der Waals surface area (Å²) in [5.74, 6) is 0.892. The van der Waals surface area contributed by atoms with E-state index in [0.29, 0.717) is 51.8 Å². The molecule has 1 saturated carbocycles. The number of rotatable bonds is 5. The van der Waals surface area contributed by atoms with Crippen molar-refractivity contribution in [1.82, 2.24) is 15.3 Å². The Labute approximate surface area is 220 Å². The first-order chi connectivity index (χ1) is 17.5. The lowest BCUT2D eigenvalue weighted by atomic mass is 10.1. The second-order valence-corrected chi connectivity index (χ2v) is 10.4. The van der Waals surface area contributed by atoms with Gasteiger partial charge in [-0.3, -0.25) is 9.69 Å². The predicted octanol–water partition coefficient (Wildman–Crippen LogP) is 4.91. The Balaban J connectivity index is 1.26. The molecule has 6 rings (SSSR count). The third kappa shape index (κ3) is 4.45. The number of carbonyl (C=O) groups excluding carboxylic acids is 1. The van der Waals surface area contributed by atoms with Gasteiger partial charge in [-0.15, -0.1) is 0 Å². The molecule has 2 aromatic carbocycles. The van der Waals surface area contributed by atoms with Crippen LogP contribution in [0.25, 0.3) is 0 Å². The van der Waals surface area contributed by atoms with Crippen LogP contribution in [0.15, 0.2) is 48.7 Å². The van der Waals surface area contributed by atoms with Crippen molar-refractivity contribution in [3.8, 4) is 0 Å². The molecule has 1 aliphatic carbocycles. The lowest BCUT2D eigenvalue weighted by Crippen LogP contribution is -2.49. The molecule has 3 aromatic rings. The van der Waals surface area contributed by atoms with Gasteiger partial charge in [0.15, 0.2) is 0 Å². The molecular formula is C26H27Cl2N7O. The van der Waals surface area contributed by atoms with E-state index in [1.165, 1.54) is 5.69 Å². The minimum atomic E-state index is -0.210. The second-order valence-electron chi connectivity index (χ2n) is 9.55. The maximum atomic E-state index is 13.5. The molecule has 3 heterocycles. The number of carbonyl (C=O) groups is 1. The predicted molar refractivity (Wildman–Crippen MR) is 145 cm³/mol. The number of piperazine rings is 1. The van der Waals surface area contributed by atoms with E-state index in [-0.39, 0.29) is 5.91 Å². The van der Waals surface area contributed by atoms with E-state index in [2.05, 4.69) is 44.5 Å². The minimum absolute atomic E-state index is 0.210. The van der Waals surface area contributed by atoms with Crippen molar-refractivity contribution in [2.45, 2.75) is 31.8 Å². The molecule has 0 bridgehead atoms. The molecule has 1 atom stereocenters. The van der Waals surface area contributed by atoms with Crippen LogP contribution in [0.1, 0.15) is 30.1 Å². The van der Waals surface area contributed by atoms with E-state index in [1.807, 2.05) is 12.1 Å². The number of nitrogens with one attached hydrogen (secondary N) is 2. The average molecular weight is 524 g/mol. The molecule has 1 unspecified atom stereocenters. The van der Waals surface area contributed by atoms with Crippen molar-refractivity contribution in [3.05, 3.63) is 64.3 Å². The highest BCUT2D eigenvalue weighted by Gasteiger charge is 2.40. The quantitative estimate of drug-likeness (QED) is 0.491. The Kier molecular flexibility index (Phi) is 6.11. The third-order valence-corrected chi connectivity index (χ3v) is 7.47. The van der Waals surface area contributed by atoms with Crippen molar-refractivity contribution >= 4 is 57.9 Å². The van der Waals surface area contributed by atoms with Crippen LogP contribution < -0.4 is 25.3 Å². The molecule has 2 fully saturated rings. The zero-order chi connectivity index (χ0) is 24.8. The van der Waals surface area contributed by atoms with Gasteiger partial charge in [-0.05, 0) is 56.2 Å². The molecule has 36 heavy (non-hydrogen) atoms. The molecule has 1 aromatic heterocycles. The Morgan fingerprint density at radius 3 is 2.53 bits per heavy atom. The van der Waals surface area contributed by atoms with Gasteiger partial charge in [0.05, 0.1) is 15.7 Å². The molecule has 10 heteroatoms.